The number of methoxy groups -OCH3 is 1. The van der Waals surface area contributed by atoms with E-state index < -0.39 is 11.9 Å². The van der Waals surface area contributed by atoms with Gasteiger partial charge in [0, 0.05) is 11.9 Å². The Balaban J connectivity index is 2.17. The number of hydrogen-bond acceptors (Lipinski definition) is 5. The van der Waals surface area contributed by atoms with Gasteiger partial charge < -0.3 is 20.5 Å². The fourth-order valence-corrected chi connectivity index (χ4v) is 2.16. The van der Waals surface area contributed by atoms with Crippen LogP contribution in [0.25, 0.3) is 0 Å². The Kier molecular flexibility index (Phi) is 5.96. The quantitative estimate of drug-likeness (QED) is 0.544. The Morgan fingerprint density at radius 2 is 2.00 bits per heavy atom. The van der Waals surface area contributed by atoms with Crippen molar-refractivity contribution in [1.82, 2.24) is 0 Å². The molecule has 0 fully saturated rings. The molecule has 0 aliphatic carbocycles. The number of aromatic carboxylic acids is 1. The summed E-state index contributed by atoms with van der Waals surface area (Å²) >= 11 is 0. The molecule has 0 radical (unpaired) electrons. The van der Waals surface area contributed by atoms with Gasteiger partial charge in [-0.25, -0.2) is 4.79 Å². The minimum atomic E-state index is -1.11. The van der Waals surface area contributed by atoms with E-state index in [0.717, 1.165) is 5.56 Å². The number of ether oxygens (including phenoxy) is 1. The Morgan fingerprint density at radius 1 is 1.23 bits per heavy atom. The molecule has 1 amide bonds. The number of hydrogen-bond donors (Lipinski definition) is 3. The predicted octanol–water partition coefficient (Wildman–Crippen LogP) is 3.16. The van der Waals surface area contributed by atoms with Crippen molar-refractivity contribution in [2.45, 2.75) is 6.92 Å². The standard InChI is InChI=1S/C19H17N3O4/c1-12-6-7-17(26-2)16(8-12)21-11-14(10-20)18(23)22-15-5-3-4-13(9-15)19(24)25/h3-9,11,21H,1-2H3,(H,22,23)(H,24,25)/b14-11-. The van der Waals surface area contributed by atoms with Gasteiger partial charge in [0.2, 0.25) is 0 Å². The van der Waals surface area contributed by atoms with E-state index in [2.05, 4.69) is 10.6 Å². The van der Waals surface area contributed by atoms with Crippen LogP contribution in [0.3, 0.4) is 0 Å². The number of carboxylic acid groups (broad SMARTS) is 1. The highest BCUT2D eigenvalue weighted by Gasteiger charge is 2.11. The largest absolute Gasteiger partial charge is 0.495 e. The third-order valence-electron chi connectivity index (χ3n) is 3.46. The van der Waals surface area contributed by atoms with Crippen LogP contribution in [0.4, 0.5) is 11.4 Å². The van der Waals surface area contributed by atoms with Gasteiger partial charge in [0.1, 0.15) is 17.4 Å². The highest BCUT2D eigenvalue weighted by Crippen LogP contribution is 2.25. The normalized spacial score (nSPS) is 10.6. The van der Waals surface area contributed by atoms with E-state index in [4.69, 9.17) is 9.84 Å². The van der Waals surface area contributed by atoms with Crippen LogP contribution in [0.2, 0.25) is 0 Å². The fraction of sp³-hybridized carbons (Fsp3) is 0.105. The molecule has 2 rings (SSSR count). The number of carbonyl (C=O) groups excluding carboxylic acids is 1. The van der Waals surface area contributed by atoms with Gasteiger partial charge in [-0.2, -0.15) is 5.26 Å². The predicted molar refractivity (Wildman–Crippen MR) is 97.1 cm³/mol. The number of nitrogens with zero attached hydrogens (tertiary/aromatic N) is 1. The molecule has 0 saturated heterocycles. The van der Waals surface area contributed by atoms with Crippen molar-refractivity contribution in [3.63, 3.8) is 0 Å². The first-order valence-electron chi connectivity index (χ1n) is 7.60. The van der Waals surface area contributed by atoms with Crippen LogP contribution in [0, 0.1) is 18.3 Å². The summed E-state index contributed by atoms with van der Waals surface area (Å²) < 4.78 is 5.23. The van der Waals surface area contributed by atoms with Gasteiger partial charge in [0.05, 0.1) is 18.4 Å². The van der Waals surface area contributed by atoms with Crippen LogP contribution in [-0.2, 0) is 4.79 Å². The van der Waals surface area contributed by atoms with Crippen LogP contribution in [-0.4, -0.2) is 24.1 Å². The number of benzene rings is 2. The van der Waals surface area contributed by atoms with Gasteiger partial charge in [-0.05, 0) is 42.8 Å². The van der Waals surface area contributed by atoms with E-state index in [1.54, 1.807) is 6.07 Å². The Bertz CT molecular complexity index is 913. The van der Waals surface area contributed by atoms with Gasteiger partial charge in [-0.3, -0.25) is 4.79 Å². The molecule has 0 aliphatic rings. The molecule has 7 nitrogen and oxygen atoms in total. The average Bonchev–Trinajstić information content (AvgIpc) is 2.62. The maximum atomic E-state index is 12.2. The van der Waals surface area contributed by atoms with E-state index in [0.29, 0.717) is 11.4 Å². The molecule has 0 saturated carbocycles. The summed E-state index contributed by atoms with van der Waals surface area (Å²) in [4.78, 5) is 23.2. The van der Waals surface area contributed by atoms with E-state index in [-0.39, 0.29) is 16.8 Å². The molecule has 0 spiro atoms. The minimum Gasteiger partial charge on any atom is -0.495 e. The van der Waals surface area contributed by atoms with Crippen molar-refractivity contribution < 1.29 is 19.4 Å². The number of amides is 1. The lowest BCUT2D eigenvalue weighted by Gasteiger charge is -2.10. The molecule has 0 unspecified atom stereocenters. The summed E-state index contributed by atoms with van der Waals surface area (Å²) in [5, 5.41) is 23.6. The van der Waals surface area contributed by atoms with Crippen molar-refractivity contribution in [3.8, 4) is 11.8 Å². The number of carbonyl (C=O) groups is 2. The average molecular weight is 351 g/mol. The Morgan fingerprint density at radius 3 is 2.65 bits per heavy atom. The number of aryl methyl sites for hydroxylation is 1. The molecular formula is C19H17N3O4. The van der Waals surface area contributed by atoms with Crippen molar-refractivity contribution in [1.29, 1.82) is 5.26 Å². The second-order valence-corrected chi connectivity index (χ2v) is 5.36. The zero-order valence-corrected chi connectivity index (χ0v) is 14.2. The molecule has 0 heterocycles. The third-order valence-corrected chi connectivity index (χ3v) is 3.46. The van der Waals surface area contributed by atoms with Gasteiger partial charge in [0.25, 0.3) is 5.91 Å². The lowest BCUT2D eigenvalue weighted by molar-refractivity contribution is -0.112. The van der Waals surface area contributed by atoms with Crippen LogP contribution in [0.15, 0.2) is 54.2 Å². The first kappa shape index (κ1) is 18.5. The molecule has 7 heteroatoms. The van der Waals surface area contributed by atoms with Gasteiger partial charge in [0.15, 0.2) is 0 Å². The lowest BCUT2D eigenvalue weighted by Crippen LogP contribution is -2.15. The van der Waals surface area contributed by atoms with Gasteiger partial charge >= 0.3 is 5.97 Å². The number of anilines is 2. The molecule has 26 heavy (non-hydrogen) atoms. The monoisotopic (exact) mass is 351 g/mol. The first-order chi connectivity index (χ1) is 12.4. The van der Waals surface area contributed by atoms with E-state index >= 15 is 0 Å². The number of nitriles is 1. The lowest BCUT2D eigenvalue weighted by atomic mass is 10.2. The summed E-state index contributed by atoms with van der Waals surface area (Å²) in [6.07, 6.45) is 1.27. The number of nitrogens with one attached hydrogen (secondary N) is 2. The highest BCUT2D eigenvalue weighted by atomic mass is 16.5. The molecule has 3 N–H and O–H groups in total. The summed E-state index contributed by atoms with van der Waals surface area (Å²) in [7, 11) is 1.52. The molecule has 2 aromatic carbocycles. The Hall–Kier alpha value is -3.79. The summed E-state index contributed by atoms with van der Waals surface area (Å²) in [6.45, 7) is 1.90. The number of rotatable bonds is 6. The number of carboxylic acids is 1. The topological polar surface area (TPSA) is 111 Å². The molecular weight excluding hydrogens is 334 g/mol. The summed E-state index contributed by atoms with van der Waals surface area (Å²) in [6, 6.07) is 13.0. The highest BCUT2D eigenvalue weighted by molar-refractivity contribution is 6.07. The van der Waals surface area contributed by atoms with E-state index in [1.165, 1.54) is 37.6 Å². The molecule has 132 valence electrons. The Labute approximate surface area is 150 Å². The van der Waals surface area contributed by atoms with Gasteiger partial charge in [-0.15, -0.1) is 0 Å². The molecule has 0 aromatic heterocycles. The first-order valence-corrected chi connectivity index (χ1v) is 7.60. The fourth-order valence-electron chi connectivity index (χ4n) is 2.16. The van der Waals surface area contributed by atoms with Crippen molar-refractivity contribution in [2.75, 3.05) is 17.7 Å². The smallest absolute Gasteiger partial charge is 0.335 e. The van der Waals surface area contributed by atoms with Crippen LogP contribution < -0.4 is 15.4 Å². The molecule has 2 aromatic rings. The zero-order valence-electron chi connectivity index (χ0n) is 14.2. The van der Waals surface area contributed by atoms with Crippen molar-refractivity contribution in [2.24, 2.45) is 0 Å². The van der Waals surface area contributed by atoms with E-state index in [9.17, 15) is 14.9 Å². The van der Waals surface area contributed by atoms with Gasteiger partial charge in [-0.1, -0.05) is 12.1 Å². The minimum absolute atomic E-state index is 0.0351. The summed E-state index contributed by atoms with van der Waals surface area (Å²) in [5.41, 5.74) is 1.74. The van der Waals surface area contributed by atoms with E-state index in [1.807, 2.05) is 25.1 Å². The molecule has 0 bridgehead atoms. The third kappa shape index (κ3) is 4.61. The van der Waals surface area contributed by atoms with Crippen LogP contribution >= 0.6 is 0 Å². The zero-order chi connectivity index (χ0) is 19.1. The second kappa shape index (κ2) is 8.35. The second-order valence-electron chi connectivity index (χ2n) is 5.36. The maximum absolute atomic E-state index is 12.2. The SMILES string of the molecule is COc1ccc(C)cc1N/C=C(/C#N)C(=O)Nc1cccc(C(=O)O)c1. The summed E-state index contributed by atoms with van der Waals surface area (Å²) in [5.74, 6) is -1.20. The van der Waals surface area contributed by atoms with Crippen LogP contribution in [0.1, 0.15) is 15.9 Å². The van der Waals surface area contributed by atoms with Crippen molar-refractivity contribution in [3.05, 3.63) is 65.4 Å². The molecule has 0 atom stereocenters. The molecule has 0 aliphatic heterocycles. The maximum Gasteiger partial charge on any atom is 0.335 e. The van der Waals surface area contributed by atoms with Crippen LogP contribution in [0.5, 0.6) is 5.75 Å². The van der Waals surface area contributed by atoms with Crippen molar-refractivity contribution >= 4 is 23.3 Å².